The van der Waals surface area contributed by atoms with Crippen molar-refractivity contribution >= 4 is 73.9 Å². The number of hydrogen-bond acceptors (Lipinski definition) is 15. The lowest BCUT2D eigenvalue weighted by atomic mass is 9.99. The number of carbonyl (C=O) groups is 3. The van der Waals surface area contributed by atoms with Gasteiger partial charge in [0.15, 0.2) is 5.82 Å². The van der Waals surface area contributed by atoms with Crippen LogP contribution >= 0.6 is 11.6 Å². The van der Waals surface area contributed by atoms with Crippen LogP contribution in [0.2, 0.25) is 5.02 Å². The van der Waals surface area contributed by atoms with E-state index in [9.17, 15) is 22.8 Å². The average Bonchev–Trinajstić information content (AvgIpc) is 4.07. The second-order valence-electron chi connectivity index (χ2n) is 18.2. The van der Waals surface area contributed by atoms with Crippen LogP contribution in [0.25, 0.3) is 0 Å². The number of hydrogen-bond donors (Lipinski definition) is 3. The second-order valence-corrected chi connectivity index (χ2v) is 20.6. The molecule has 3 amide bonds. The molecule has 0 spiro atoms. The highest BCUT2D eigenvalue weighted by atomic mass is 35.5. The molecule has 1 aromatic heterocycles. The summed E-state index contributed by atoms with van der Waals surface area (Å²) in [4.78, 5) is 56.1. The number of anilines is 6. The van der Waals surface area contributed by atoms with Crippen LogP contribution in [-0.4, -0.2) is 142 Å². The average molecular weight is 972 g/mol. The molecule has 5 heterocycles. The summed E-state index contributed by atoms with van der Waals surface area (Å²) >= 11 is 6.57. The zero-order chi connectivity index (χ0) is 47.9. The van der Waals surface area contributed by atoms with E-state index in [1.807, 2.05) is 12.1 Å². The number of nitrogens with one attached hydrogen (secondary N) is 3. The summed E-state index contributed by atoms with van der Waals surface area (Å²) in [5.74, 6) is 1.47. The van der Waals surface area contributed by atoms with Gasteiger partial charge < -0.3 is 34.6 Å². The molecule has 4 aliphatic heterocycles. The molecule has 3 aromatic carbocycles. The smallest absolute Gasteiger partial charge is 0.255 e. The molecule has 4 fully saturated rings. The molecule has 1 atom stereocenters. The summed E-state index contributed by atoms with van der Waals surface area (Å²) in [5.41, 5.74) is 5.18. The summed E-state index contributed by atoms with van der Waals surface area (Å²) < 4.78 is 44.0. The number of amides is 3. The van der Waals surface area contributed by atoms with Crippen molar-refractivity contribution in [2.45, 2.75) is 76.0 Å². The lowest BCUT2D eigenvalue weighted by molar-refractivity contribution is -0.136. The quantitative estimate of drug-likeness (QED) is 0.118. The van der Waals surface area contributed by atoms with Crippen molar-refractivity contribution in [3.8, 4) is 17.2 Å². The van der Waals surface area contributed by atoms with Gasteiger partial charge in [0, 0.05) is 87.7 Å². The Labute approximate surface area is 402 Å². The standard InChI is InChI=1S/C48H59ClN10O8S/c1-6-30-24-37(52-47-50-27-35(49)44(54-47)51-36-11-10-32(65-3)25-40(36)55(2)68(5,63)64)42(66-4)26-39(30)57-18-14-31(15-19-57)56-20-22-58(23-21-56)48(16-17-48)29-67-41-9-7-8-33-34(41)28-59(46(33)62)38-12-13-43(60)53-45(38)61/h7-11,24-27,31,38H,6,12-23,28-29H2,1-5H3,(H,53,60,61)(H2,50,51,52,54). The van der Waals surface area contributed by atoms with Gasteiger partial charge in [0.2, 0.25) is 27.8 Å². The number of aryl methyl sites for hydroxylation is 1. The third-order valence-corrected chi connectivity index (χ3v) is 15.7. The molecular weight excluding hydrogens is 912 g/mol. The molecule has 4 aromatic rings. The number of piperidine rings is 2. The molecule has 68 heavy (non-hydrogen) atoms. The Kier molecular flexibility index (Phi) is 13.4. The van der Waals surface area contributed by atoms with Gasteiger partial charge in [0.1, 0.15) is 34.9 Å². The van der Waals surface area contributed by atoms with Gasteiger partial charge in [-0.05, 0) is 74.4 Å². The topological polar surface area (TPSA) is 191 Å². The number of halogens is 1. The van der Waals surface area contributed by atoms with Crippen LogP contribution in [0.3, 0.4) is 0 Å². The van der Waals surface area contributed by atoms with Crippen molar-refractivity contribution in [2.24, 2.45) is 0 Å². The van der Waals surface area contributed by atoms with Gasteiger partial charge in [-0.3, -0.25) is 33.8 Å². The van der Waals surface area contributed by atoms with Crippen LogP contribution in [0.15, 0.2) is 54.7 Å². The van der Waals surface area contributed by atoms with E-state index in [1.54, 1.807) is 36.3 Å². The highest BCUT2D eigenvalue weighted by Gasteiger charge is 2.50. The molecule has 0 bridgehead atoms. The molecule has 9 rings (SSSR count). The Balaban J connectivity index is 0.796. The van der Waals surface area contributed by atoms with Crippen molar-refractivity contribution < 1.29 is 37.0 Å². The summed E-state index contributed by atoms with van der Waals surface area (Å²) in [6, 6.07) is 14.6. The van der Waals surface area contributed by atoms with Gasteiger partial charge in [-0.25, -0.2) is 13.4 Å². The predicted octanol–water partition coefficient (Wildman–Crippen LogP) is 5.55. The Bertz CT molecular complexity index is 2710. The highest BCUT2D eigenvalue weighted by Crippen LogP contribution is 2.44. The number of fused-ring (bicyclic) bond motifs is 1. The monoisotopic (exact) mass is 970 g/mol. The largest absolute Gasteiger partial charge is 0.497 e. The molecule has 3 N–H and O–H groups in total. The van der Waals surface area contributed by atoms with Crippen molar-refractivity contribution in [1.82, 2.24) is 30.0 Å². The molecule has 1 aliphatic carbocycles. The van der Waals surface area contributed by atoms with Crippen molar-refractivity contribution in [1.29, 1.82) is 0 Å². The van der Waals surface area contributed by atoms with Crippen LogP contribution in [-0.2, 0) is 32.6 Å². The maximum Gasteiger partial charge on any atom is 0.255 e. The van der Waals surface area contributed by atoms with E-state index in [0.29, 0.717) is 65.5 Å². The van der Waals surface area contributed by atoms with Gasteiger partial charge in [0.05, 0.1) is 55.8 Å². The lowest BCUT2D eigenvalue weighted by Gasteiger charge is -2.45. The minimum Gasteiger partial charge on any atom is -0.497 e. The number of aromatic nitrogens is 2. The van der Waals surface area contributed by atoms with Gasteiger partial charge in [-0.2, -0.15) is 4.98 Å². The minimum absolute atomic E-state index is 0.0141. The molecule has 3 saturated heterocycles. The van der Waals surface area contributed by atoms with Gasteiger partial charge in [-0.15, -0.1) is 0 Å². The van der Waals surface area contributed by atoms with E-state index in [2.05, 4.69) is 59.7 Å². The first-order chi connectivity index (χ1) is 32.7. The molecule has 362 valence electrons. The van der Waals surface area contributed by atoms with E-state index in [4.69, 9.17) is 25.8 Å². The van der Waals surface area contributed by atoms with E-state index in [-0.39, 0.29) is 40.6 Å². The number of piperazine rings is 1. The van der Waals surface area contributed by atoms with Gasteiger partial charge in [-0.1, -0.05) is 24.6 Å². The van der Waals surface area contributed by atoms with Crippen LogP contribution in [0.4, 0.5) is 34.5 Å². The van der Waals surface area contributed by atoms with Crippen LogP contribution < -0.4 is 39.4 Å². The number of imide groups is 1. The van der Waals surface area contributed by atoms with Crippen LogP contribution in [0.1, 0.15) is 66.9 Å². The number of nitrogens with zero attached hydrogens (tertiary/aromatic N) is 7. The second kappa shape index (κ2) is 19.2. The summed E-state index contributed by atoms with van der Waals surface area (Å²) in [7, 11) is 1.03. The highest BCUT2D eigenvalue weighted by molar-refractivity contribution is 7.92. The van der Waals surface area contributed by atoms with Crippen LogP contribution in [0, 0.1) is 0 Å². The summed E-state index contributed by atoms with van der Waals surface area (Å²) in [5, 5.41) is 9.14. The molecular formula is C48H59ClN10O8S. The van der Waals surface area contributed by atoms with Crippen molar-refractivity contribution in [2.75, 3.05) is 93.2 Å². The fourth-order valence-corrected chi connectivity index (χ4v) is 10.7. The molecule has 1 saturated carbocycles. The van der Waals surface area contributed by atoms with Gasteiger partial charge in [0.25, 0.3) is 5.91 Å². The van der Waals surface area contributed by atoms with E-state index in [0.717, 1.165) is 98.7 Å². The summed E-state index contributed by atoms with van der Waals surface area (Å²) in [6.07, 6.45) is 8.21. The summed E-state index contributed by atoms with van der Waals surface area (Å²) in [6.45, 7) is 8.78. The molecule has 0 radical (unpaired) electrons. The SMILES string of the molecule is CCc1cc(Nc2ncc(Cl)c(Nc3ccc(OC)cc3N(C)S(C)(=O)=O)n2)c(OC)cc1N1CCC(N2CCN(C3(COc4cccc5c4CN(C4CCC(=O)NC4=O)C5=O)CC3)CC2)CC1. The first-order valence-electron chi connectivity index (χ1n) is 23.2. The Hall–Kier alpha value is -5.89. The third-order valence-electron chi connectivity index (χ3n) is 14.2. The first kappa shape index (κ1) is 47.2. The predicted molar refractivity (Wildman–Crippen MR) is 261 cm³/mol. The number of sulfonamides is 1. The first-order valence-corrected chi connectivity index (χ1v) is 25.4. The molecule has 1 unspecified atom stereocenters. The number of carbonyl (C=O) groups excluding carboxylic acids is 3. The van der Waals surface area contributed by atoms with Gasteiger partial charge >= 0.3 is 0 Å². The zero-order valence-corrected chi connectivity index (χ0v) is 40.7. The number of ether oxygens (including phenoxy) is 3. The third kappa shape index (κ3) is 9.57. The molecule has 5 aliphatic rings. The van der Waals surface area contributed by atoms with E-state index < -0.39 is 22.0 Å². The van der Waals surface area contributed by atoms with E-state index >= 15 is 0 Å². The lowest BCUT2D eigenvalue weighted by Crippen LogP contribution is -2.57. The van der Waals surface area contributed by atoms with E-state index in [1.165, 1.54) is 20.4 Å². The van der Waals surface area contributed by atoms with Crippen molar-refractivity contribution in [3.63, 3.8) is 0 Å². The molecule has 20 heteroatoms. The Morgan fingerprint density at radius 3 is 2.37 bits per heavy atom. The van der Waals surface area contributed by atoms with Crippen LogP contribution in [0.5, 0.6) is 17.2 Å². The number of methoxy groups -OCH3 is 2. The maximum atomic E-state index is 13.4. The Morgan fingerprint density at radius 2 is 1.69 bits per heavy atom. The Morgan fingerprint density at radius 1 is 0.926 bits per heavy atom. The minimum atomic E-state index is -3.59. The maximum absolute atomic E-state index is 13.4. The molecule has 18 nitrogen and oxygen atoms in total. The number of benzene rings is 3. The number of rotatable bonds is 16. The fourth-order valence-electron chi connectivity index (χ4n) is 10.0. The fraction of sp³-hybridized carbons (Fsp3) is 0.479. The zero-order valence-electron chi connectivity index (χ0n) is 39.1. The normalized spacial score (nSPS) is 19.9. The van der Waals surface area contributed by atoms with Crippen molar-refractivity contribution in [3.05, 3.63) is 76.4 Å².